The van der Waals surface area contributed by atoms with E-state index in [-0.39, 0.29) is 9.75 Å². The van der Waals surface area contributed by atoms with Crippen LogP contribution in [0.5, 0.6) is 0 Å². The van der Waals surface area contributed by atoms with Gasteiger partial charge in [-0.2, -0.15) is 0 Å². The van der Waals surface area contributed by atoms with Crippen molar-refractivity contribution in [2.24, 2.45) is 10.6 Å². The number of nitrogens with zero attached hydrogens (tertiary/aromatic N) is 1. The summed E-state index contributed by atoms with van der Waals surface area (Å²) in [5.41, 5.74) is 1.22. The number of rotatable bonds is 2. The van der Waals surface area contributed by atoms with Gasteiger partial charge >= 0.3 is 0 Å². The molecule has 5 nitrogen and oxygen atoms in total. The molecule has 1 heterocycles. The van der Waals surface area contributed by atoms with Gasteiger partial charge < -0.3 is 5.32 Å². The quantitative estimate of drug-likeness (QED) is 0.828. The molecule has 0 spiro atoms. The lowest BCUT2D eigenvalue weighted by atomic mass is 9.96. The number of hydrogen-bond donors (Lipinski definition) is 2. The minimum atomic E-state index is -3.76. The normalized spacial score (nSPS) is 12.6. The van der Waals surface area contributed by atoms with Crippen molar-refractivity contribution in [3.63, 3.8) is 0 Å². The van der Waals surface area contributed by atoms with E-state index in [1.54, 1.807) is 12.1 Å². The van der Waals surface area contributed by atoms with Crippen LogP contribution < -0.4 is 10.5 Å². The molecule has 20 heavy (non-hydrogen) atoms. The Kier molecular flexibility index (Phi) is 3.85. The SMILES string of the molecule is CC(C)(C)C(=S)Nc1ccc2sc(S(N)(=O)=O)nc2c1. The van der Waals surface area contributed by atoms with Crippen molar-refractivity contribution < 1.29 is 8.42 Å². The number of hydrogen-bond acceptors (Lipinski definition) is 5. The highest BCUT2D eigenvalue weighted by molar-refractivity contribution is 7.91. The molecule has 0 unspecified atom stereocenters. The van der Waals surface area contributed by atoms with Crippen LogP contribution in [0.2, 0.25) is 0 Å². The Morgan fingerprint density at radius 1 is 1.40 bits per heavy atom. The number of benzene rings is 1. The van der Waals surface area contributed by atoms with Crippen LogP contribution in [-0.4, -0.2) is 18.4 Å². The van der Waals surface area contributed by atoms with Crippen LogP contribution >= 0.6 is 23.6 Å². The third-order valence-electron chi connectivity index (χ3n) is 2.55. The van der Waals surface area contributed by atoms with E-state index in [1.165, 1.54) is 0 Å². The van der Waals surface area contributed by atoms with E-state index < -0.39 is 10.0 Å². The maximum Gasteiger partial charge on any atom is 0.265 e. The highest BCUT2D eigenvalue weighted by Gasteiger charge is 2.18. The van der Waals surface area contributed by atoms with E-state index in [2.05, 4.69) is 10.3 Å². The number of primary sulfonamides is 1. The molecule has 0 aliphatic rings. The fourth-order valence-corrected chi connectivity index (χ4v) is 3.18. The molecule has 0 saturated carbocycles. The summed E-state index contributed by atoms with van der Waals surface area (Å²) in [6.07, 6.45) is 0. The highest BCUT2D eigenvalue weighted by atomic mass is 32.2. The third kappa shape index (κ3) is 3.32. The second kappa shape index (κ2) is 5.03. The van der Waals surface area contributed by atoms with Gasteiger partial charge in [0, 0.05) is 11.1 Å². The summed E-state index contributed by atoms with van der Waals surface area (Å²) in [6, 6.07) is 5.40. The van der Waals surface area contributed by atoms with Crippen LogP contribution in [0.1, 0.15) is 20.8 Å². The van der Waals surface area contributed by atoms with E-state index in [1.807, 2.05) is 26.8 Å². The van der Waals surface area contributed by atoms with Crippen LogP contribution in [0.4, 0.5) is 5.69 Å². The summed E-state index contributed by atoms with van der Waals surface area (Å²) in [6.45, 7) is 6.05. The number of fused-ring (bicyclic) bond motifs is 1. The molecule has 1 aromatic heterocycles. The molecule has 0 saturated heterocycles. The van der Waals surface area contributed by atoms with E-state index >= 15 is 0 Å². The van der Waals surface area contributed by atoms with E-state index in [9.17, 15) is 8.42 Å². The summed E-state index contributed by atoms with van der Waals surface area (Å²) in [5, 5.41) is 8.22. The van der Waals surface area contributed by atoms with Gasteiger partial charge in [0.25, 0.3) is 10.0 Å². The molecule has 0 radical (unpaired) electrons. The lowest BCUT2D eigenvalue weighted by Gasteiger charge is -2.21. The molecular formula is C12H15N3O2S3. The monoisotopic (exact) mass is 329 g/mol. The first-order valence-corrected chi connectivity index (χ1v) is 8.59. The summed E-state index contributed by atoms with van der Waals surface area (Å²) in [4.78, 5) is 4.74. The van der Waals surface area contributed by atoms with Gasteiger partial charge in [-0.25, -0.2) is 18.5 Å². The van der Waals surface area contributed by atoms with E-state index in [0.29, 0.717) is 10.5 Å². The molecule has 0 fully saturated rings. The number of anilines is 1. The molecule has 108 valence electrons. The van der Waals surface area contributed by atoms with Gasteiger partial charge in [0.1, 0.15) is 0 Å². The van der Waals surface area contributed by atoms with Crippen LogP contribution in [0.25, 0.3) is 10.2 Å². The number of nitrogens with two attached hydrogens (primary N) is 1. The summed E-state index contributed by atoms with van der Waals surface area (Å²) < 4.78 is 23.3. The molecule has 8 heteroatoms. The summed E-state index contributed by atoms with van der Waals surface area (Å²) >= 11 is 6.37. The number of sulfonamides is 1. The molecular weight excluding hydrogens is 314 g/mol. The van der Waals surface area contributed by atoms with Gasteiger partial charge in [-0.3, -0.25) is 0 Å². The predicted molar refractivity (Wildman–Crippen MR) is 86.7 cm³/mol. The minimum Gasteiger partial charge on any atom is -0.350 e. The maximum absolute atomic E-state index is 11.3. The topological polar surface area (TPSA) is 85.1 Å². The first-order chi connectivity index (χ1) is 9.07. The largest absolute Gasteiger partial charge is 0.350 e. The Balaban J connectivity index is 2.37. The van der Waals surface area contributed by atoms with E-state index in [0.717, 1.165) is 21.7 Å². The molecule has 0 atom stereocenters. The third-order valence-corrected chi connectivity index (χ3v) is 5.62. The molecule has 0 bridgehead atoms. The zero-order valence-electron chi connectivity index (χ0n) is 11.3. The minimum absolute atomic E-state index is 0.0805. The van der Waals surface area contributed by atoms with Crippen molar-refractivity contribution in [2.75, 3.05) is 5.32 Å². The van der Waals surface area contributed by atoms with Gasteiger partial charge in [-0.05, 0) is 18.2 Å². The summed E-state index contributed by atoms with van der Waals surface area (Å²) in [5.74, 6) is 0. The Hall–Kier alpha value is -1.09. The fraction of sp³-hybridized carbons (Fsp3) is 0.333. The Morgan fingerprint density at radius 3 is 2.60 bits per heavy atom. The van der Waals surface area contributed by atoms with Crippen molar-refractivity contribution in [1.29, 1.82) is 0 Å². The average molecular weight is 329 g/mol. The van der Waals surface area contributed by atoms with E-state index in [4.69, 9.17) is 17.4 Å². The van der Waals surface area contributed by atoms with Gasteiger partial charge in [-0.1, -0.05) is 33.0 Å². The zero-order valence-corrected chi connectivity index (χ0v) is 13.7. The number of thiazole rings is 1. The van der Waals surface area contributed by atoms with Crippen molar-refractivity contribution in [1.82, 2.24) is 4.98 Å². The van der Waals surface area contributed by atoms with Crippen molar-refractivity contribution >= 4 is 54.5 Å². The van der Waals surface area contributed by atoms with Gasteiger partial charge in [0.15, 0.2) is 0 Å². The van der Waals surface area contributed by atoms with Crippen LogP contribution in [0.3, 0.4) is 0 Å². The predicted octanol–water partition coefficient (Wildman–Crippen LogP) is 2.73. The second-order valence-corrected chi connectivity index (χ2v) is 8.59. The molecule has 0 aliphatic heterocycles. The molecule has 2 rings (SSSR count). The smallest absolute Gasteiger partial charge is 0.265 e. The van der Waals surface area contributed by atoms with Crippen LogP contribution in [0.15, 0.2) is 22.5 Å². The van der Waals surface area contributed by atoms with Gasteiger partial charge in [0.05, 0.1) is 15.2 Å². The van der Waals surface area contributed by atoms with Gasteiger partial charge in [-0.15, -0.1) is 11.3 Å². The zero-order chi connectivity index (χ0) is 15.1. The lowest BCUT2D eigenvalue weighted by molar-refractivity contribution is 0.597. The molecule has 0 aliphatic carbocycles. The van der Waals surface area contributed by atoms with Crippen molar-refractivity contribution in [3.8, 4) is 0 Å². The maximum atomic E-state index is 11.3. The number of aromatic nitrogens is 1. The summed E-state index contributed by atoms with van der Waals surface area (Å²) in [7, 11) is -3.76. The standard InChI is InChI=1S/C12H15N3O2S3/c1-12(2,3)10(18)14-7-4-5-9-8(6-7)15-11(19-9)20(13,16)17/h4-6H,1-3H3,(H,14,18)(H2,13,16,17). The lowest BCUT2D eigenvalue weighted by Crippen LogP contribution is -2.25. The highest BCUT2D eigenvalue weighted by Crippen LogP contribution is 2.28. The average Bonchev–Trinajstić information content (AvgIpc) is 2.70. The fourth-order valence-electron chi connectivity index (χ4n) is 1.42. The Morgan fingerprint density at radius 2 is 2.05 bits per heavy atom. The van der Waals surface area contributed by atoms with Crippen LogP contribution in [-0.2, 0) is 10.0 Å². The van der Waals surface area contributed by atoms with Crippen molar-refractivity contribution in [2.45, 2.75) is 25.1 Å². The molecule has 2 aromatic rings. The van der Waals surface area contributed by atoms with Crippen LogP contribution in [0, 0.1) is 5.41 Å². The second-order valence-electron chi connectivity index (χ2n) is 5.41. The number of thiocarbonyl (C=S) groups is 1. The van der Waals surface area contributed by atoms with Gasteiger partial charge in [0.2, 0.25) is 4.34 Å². The molecule has 1 aromatic carbocycles. The first-order valence-electron chi connectivity index (χ1n) is 5.82. The Labute approximate surface area is 127 Å². The molecule has 3 N–H and O–H groups in total. The van der Waals surface area contributed by atoms with Crippen molar-refractivity contribution in [3.05, 3.63) is 18.2 Å². The molecule has 0 amide bonds. The first kappa shape index (κ1) is 15.3. The Bertz CT molecular complexity index is 773. The number of nitrogens with one attached hydrogen (secondary N) is 1.